The molecule has 0 aliphatic carbocycles. The Morgan fingerprint density at radius 3 is 2.50 bits per heavy atom. The maximum atomic E-state index is 13.2. The molecule has 5 rings (SSSR count). The highest BCUT2D eigenvalue weighted by Crippen LogP contribution is 2.28. The van der Waals surface area contributed by atoms with Crippen molar-refractivity contribution >= 4 is 17.4 Å². The number of imidazole rings is 1. The lowest BCUT2D eigenvalue weighted by Gasteiger charge is -2.33. The molecule has 1 aromatic carbocycles. The third-order valence-electron chi connectivity index (χ3n) is 6.45. The first-order chi connectivity index (χ1) is 15.7. The minimum absolute atomic E-state index is 0.160. The van der Waals surface area contributed by atoms with Crippen LogP contribution in [-0.4, -0.2) is 58.6 Å². The van der Waals surface area contributed by atoms with E-state index in [0.29, 0.717) is 11.4 Å². The van der Waals surface area contributed by atoms with E-state index >= 15 is 0 Å². The maximum Gasteiger partial charge on any atom is 0.276 e. The van der Waals surface area contributed by atoms with Crippen LogP contribution in [0.25, 0.3) is 11.4 Å². The number of carbonyl (C=O) groups excluding carboxylic acids is 1. The van der Waals surface area contributed by atoms with Gasteiger partial charge < -0.3 is 19.7 Å². The second kappa shape index (κ2) is 9.12. The summed E-state index contributed by atoms with van der Waals surface area (Å²) in [5.74, 6) is 1.68. The van der Waals surface area contributed by atoms with E-state index in [-0.39, 0.29) is 5.91 Å². The van der Waals surface area contributed by atoms with Gasteiger partial charge in [-0.1, -0.05) is 36.8 Å². The second-order valence-corrected chi connectivity index (χ2v) is 8.71. The van der Waals surface area contributed by atoms with E-state index in [1.165, 1.54) is 6.42 Å². The molecule has 2 aromatic heterocycles. The van der Waals surface area contributed by atoms with Crippen LogP contribution in [0.5, 0.6) is 0 Å². The zero-order valence-corrected chi connectivity index (χ0v) is 18.6. The molecule has 0 unspecified atom stereocenters. The summed E-state index contributed by atoms with van der Waals surface area (Å²) in [6.07, 6.45) is 6.00. The topological polar surface area (TPSA) is 66.3 Å². The zero-order valence-electron chi connectivity index (χ0n) is 18.6. The fraction of sp³-hybridized carbons (Fsp3) is 0.400. The minimum Gasteiger partial charge on any atom is -0.354 e. The number of piperazine rings is 1. The first-order valence-corrected chi connectivity index (χ1v) is 11.5. The number of anilines is 2. The van der Waals surface area contributed by atoms with Crippen molar-refractivity contribution in [2.45, 2.75) is 32.2 Å². The maximum absolute atomic E-state index is 13.2. The van der Waals surface area contributed by atoms with Crippen molar-refractivity contribution in [1.29, 1.82) is 0 Å². The van der Waals surface area contributed by atoms with E-state index in [2.05, 4.69) is 43.8 Å². The molecular formula is C25H30N6O. The Kier molecular flexibility index (Phi) is 5.90. The molecule has 1 N–H and O–H groups in total. The average Bonchev–Trinajstić information content (AvgIpc) is 3.02. The molecule has 4 heterocycles. The molecule has 32 heavy (non-hydrogen) atoms. The summed E-state index contributed by atoms with van der Waals surface area (Å²) in [5, 5.41) is 3.03. The first kappa shape index (κ1) is 20.7. The number of nitrogens with zero attached hydrogens (tertiary/aromatic N) is 5. The number of aromatic nitrogens is 3. The van der Waals surface area contributed by atoms with E-state index < -0.39 is 0 Å². The summed E-state index contributed by atoms with van der Waals surface area (Å²) < 4.78 is 2.24. The predicted octanol–water partition coefficient (Wildman–Crippen LogP) is 3.68. The zero-order chi connectivity index (χ0) is 21.9. The third-order valence-corrected chi connectivity index (χ3v) is 6.45. The molecule has 0 bridgehead atoms. The molecule has 0 spiro atoms. The number of carbonyl (C=O) groups is 1. The molecule has 3 aromatic rings. The molecule has 0 atom stereocenters. The molecule has 1 fully saturated rings. The largest absolute Gasteiger partial charge is 0.354 e. The van der Waals surface area contributed by atoms with Gasteiger partial charge in [-0.15, -0.1) is 0 Å². The number of hydrogen-bond donors (Lipinski definition) is 1. The minimum atomic E-state index is -0.160. The quantitative estimate of drug-likeness (QED) is 0.684. The molecular weight excluding hydrogens is 400 g/mol. The molecule has 2 aliphatic heterocycles. The number of rotatable bonds is 4. The lowest BCUT2D eigenvalue weighted by molar-refractivity contribution is 0.102. The van der Waals surface area contributed by atoms with Gasteiger partial charge in [0.25, 0.3) is 5.91 Å². The van der Waals surface area contributed by atoms with Crippen LogP contribution in [0.3, 0.4) is 0 Å². The van der Waals surface area contributed by atoms with E-state index in [1.807, 2.05) is 30.3 Å². The standard InChI is InChI=1S/C25H30N6O/c1-29-14-16-30(17-15-29)22-12-11-20(18-26-22)27-25(32)23-21-10-6-3-7-13-31(21)24(28-23)19-8-4-2-5-9-19/h2,4-5,8-9,11-12,18H,3,6-7,10,13-17H2,1H3,(H,27,32). The molecule has 7 heteroatoms. The van der Waals surface area contributed by atoms with E-state index in [1.54, 1.807) is 6.20 Å². The molecule has 7 nitrogen and oxygen atoms in total. The summed E-state index contributed by atoms with van der Waals surface area (Å²) >= 11 is 0. The summed E-state index contributed by atoms with van der Waals surface area (Å²) in [6, 6.07) is 14.1. The van der Waals surface area contributed by atoms with Gasteiger partial charge >= 0.3 is 0 Å². The van der Waals surface area contributed by atoms with E-state index in [4.69, 9.17) is 4.98 Å². The third kappa shape index (κ3) is 4.25. The fourth-order valence-electron chi connectivity index (χ4n) is 4.58. The molecule has 1 amide bonds. The summed E-state index contributed by atoms with van der Waals surface area (Å²) in [6.45, 7) is 4.92. The van der Waals surface area contributed by atoms with Crippen LogP contribution in [0.2, 0.25) is 0 Å². The normalized spacial score (nSPS) is 17.0. The summed E-state index contributed by atoms with van der Waals surface area (Å²) in [4.78, 5) is 27.3. The highest BCUT2D eigenvalue weighted by Gasteiger charge is 2.24. The monoisotopic (exact) mass is 430 g/mol. The molecule has 0 radical (unpaired) electrons. The second-order valence-electron chi connectivity index (χ2n) is 8.71. The Balaban J connectivity index is 1.37. The van der Waals surface area contributed by atoms with E-state index in [9.17, 15) is 4.79 Å². The number of likely N-dealkylation sites (N-methyl/N-ethyl adjacent to an activating group) is 1. The number of hydrogen-bond acceptors (Lipinski definition) is 5. The van der Waals surface area contributed by atoms with Crippen LogP contribution in [0.15, 0.2) is 48.7 Å². The van der Waals surface area contributed by atoms with Crippen LogP contribution in [0, 0.1) is 0 Å². The van der Waals surface area contributed by atoms with Crippen molar-refractivity contribution in [2.24, 2.45) is 0 Å². The van der Waals surface area contributed by atoms with Crippen molar-refractivity contribution in [3.63, 3.8) is 0 Å². The van der Waals surface area contributed by atoms with Gasteiger partial charge in [-0.3, -0.25) is 4.79 Å². The van der Waals surface area contributed by atoms with Crippen LogP contribution < -0.4 is 10.2 Å². The number of amides is 1. The van der Waals surface area contributed by atoms with Crippen molar-refractivity contribution in [3.05, 3.63) is 60.0 Å². The molecule has 1 saturated heterocycles. The van der Waals surface area contributed by atoms with Crippen LogP contribution in [-0.2, 0) is 13.0 Å². The fourth-order valence-corrected chi connectivity index (χ4v) is 4.58. The van der Waals surface area contributed by atoms with Crippen molar-refractivity contribution < 1.29 is 4.79 Å². The average molecular weight is 431 g/mol. The van der Waals surface area contributed by atoms with Gasteiger partial charge in [0, 0.05) is 38.3 Å². The Morgan fingerprint density at radius 2 is 1.75 bits per heavy atom. The lowest BCUT2D eigenvalue weighted by Crippen LogP contribution is -2.44. The first-order valence-electron chi connectivity index (χ1n) is 11.5. The smallest absolute Gasteiger partial charge is 0.276 e. The van der Waals surface area contributed by atoms with Gasteiger partial charge in [-0.25, -0.2) is 9.97 Å². The van der Waals surface area contributed by atoms with Gasteiger partial charge in [0.1, 0.15) is 17.3 Å². The van der Waals surface area contributed by atoms with Crippen molar-refractivity contribution in [1.82, 2.24) is 19.4 Å². The Labute approximate surface area is 189 Å². The predicted molar refractivity (Wildman–Crippen MR) is 127 cm³/mol. The van der Waals surface area contributed by atoms with Crippen LogP contribution in [0.4, 0.5) is 11.5 Å². The number of nitrogens with one attached hydrogen (secondary N) is 1. The Morgan fingerprint density at radius 1 is 0.938 bits per heavy atom. The summed E-state index contributed by atoms with van der Waals surface area (Å²) in [5.41, 5.74) is 3.33. The molecule has 2 aliphatic rings. The van der Waals surface area contributed by atoms with Gasteiger partial charge in [0.15, 0.2) is 0 Å². The Bertz CT molecular complexity index is 1070. The highest BCUT2D eigenvalue weighted by atomic mass is 16.1. The number of fused-ring (bicyclic) bond motifs is 1. The van der Waals surface area contributed by atoms with Gasteiger partial charge in [0.2, 0.25) is 0 Å². The van der Waals surface area contributed by atoms with Gasteiger partial charge in [-0.05, 0) is 38.4 Å². The highest BCUT2D eigenvalue weighted by molar-refractivity contribution is 6.04. The van der Waals surface area contributed by atoms with E-state index in [0.717, 1.165) is 74.9 Å². The molecule has 166 valence electrons. The Hall–Kier alpha value is -3.19. The van der Waals surface area contributed by atoms with Crippen molar-refractivity contribution in [2.75, 3.05) is 43.4 Å². The summed E-state index contributed by atoms with van der Waals surface area (Å²) in [7, 11) is 2.14. The van der Waals surface area contributed by atoms with Gasteiger partial charge in [0.05, 0.1) is 17.6 Å². The molecule has 0 saturated carbocycles. The van der Waals surface area contributed by atoms with Crippen molar-refractivity contribution in [3.8, 4) is 11.4 Å². The van der Waals surface area contributed by atoms with Gasteiger partial charge in [-0.2, -0.15) is 0 Å². The lowest BCUT2D eigenvalue weighted by atomic mass is 10.1. The SMILES string of the molecule is CN1CCN(c2ccc(NC(=O)c3nc(-c4ccccc4)n4c3CCCCC4)cn2)CC1. The number of benzene rings is 1. The van der Waals surface area contributed by atoms with Crippen LogP contribution in [0.1, 0.15) is 35.4 Å². The number of pyridine rings is 1. The van der Waals surface area contributed by atoms with Crippen LogP contribution >= 0.6 is 0 Å².